The number of rotatable bonds is 6. The molecule has 1 aromatic heterocycles. The molecule has 2 rings (SSSR count). The summed E-state index contributed by atoms with van der Waals surface area (Å²) < 4.78 is 0. The summed E-state index contributed by atoms with van der Waals surface area (Å²) in [6, 6.07) is 10.7. The lowest BCUT2D eigenvalue weighted by molar-refractivity contribution is 0.820. The number of aryl methyl sites for hydroxylation is 2. The van der Waals surface area contributed by atoms with E-state index >= 15 is 0 Å². The van der Waals surface area contributed by atoms with E-state index in [-0.39, 0.29) is 6.04 Å². The van der Waals surface area contributed by atoms with Gasteiger partial charge in [-0.15, -0.1) is 0 Å². The van der Waals surface area contributed by atoms with Crippen molar-refractivity contribution in [1.29, 1.82) is 0 Å². The van der Waals surface area contributed by atoms with Crippen molar-refractivity contribution in [2.75, 3.05) is 17.7 Å². The summed E-state index contributed by atoms with van der Waals surface area (Å²) in [6.07, 6.45) is 1.93. The Morgan fingerprint density at radius 1 is 1.10 bits per heavy atom. The van der Waals surface area contributed by atoms with Gasteiger partial charge in [0.15, 0.2) is 0 Å². The van der Waals surface area contributed by atoms with E-state index in [1.54, 1.807) is 0 Å². The van der Waals surface area contributed by atoms with Crippen LogP contribution in [0.4, 0.5) is 11.6 Å². The lowest BCUT2D eigenvalue weighted by Gasteiger charge is -2.16. The normalized spacial score (nSPS) is 12.0. The molecule has 4 heteroatoms. The first-order valence-electron chi connectivity index (χ1n) is 7.51. The van der Waals surface area contributed by atoms with Crippen molar-refractivity contribution in [1.82, 2.24) is 9.97 Å². The van der Waals surface area contributed by atoms with Crippen molar-refractivity contribution >= 4 is 11.6 Å². The van der Waals surface area contributed by atoms with E-state index in [0.29, 0.717) is 0 Å². The first kappa shape index (κ1) is 15.3. The molecular formula is C17H24N4. The molecule has 2 N–H and O–H groups in total. The van der Waals surface area contributed by atoms with Gasteiger partial charge in [-0.25, -0.2) is 9.97 Å². The lowest BCUT2D eigenvalue weighted by Crippen LogP contribution is -2.10. The number of nitrogens with one attached hydrogen (secondary N) is 2. The average Bonchev–Trinajstić information content (AvgIpc) is 2.48. The Morgan fingerprint density at radius 3 is 2.38 bits per heavy atom. The van der Waals surface area contributed by atoms with Crippen molar-refractivity contribution in [2.45, 2.75) is 39.7 Å². The molecule has 0 saturated heterocycles. The van der Waals surface area contributed by atoms with E-state index in [0.717, 1.165) is 30.3 Å². The second-order valence-electron chi connectivity index (χ2n) is 5.33. The Morgan fingerprint density at radius 2 is 1.76 bits per heavy atom. The van der Waals surface area contributed by atoms with Crippen LogP contribution in [0, 0.1) is 6.92 Å². The minimum atomic E-state index is 0.208. The third-order valence-electron chi connectivity index (χ3n) is 3.44. The van der Waals surface area contributed by atoms with Gasteiger partial charge >= 0.3 is 0 Å². The predicted molar refractivity (Wildman–Crippen MR) is 88.8 cm³/mol. The Bertz CT molecular complexity index is 578. The van der Waals surface area contributed by atoms with Crippen LogP contribution in [0.5, 0.6) is 0 Å². The molecule has 0 spiro atoms. The van der Waals surface area contributed by atoms with Crippen LogP contribution in [0.15, 0.2) is 30.3 Å². The van der Waals surface area contributed by atoms with Crippen molar-refractivity contribution in [3.05, 3.63) is 47.3 Å². The Labute approximate surface area is 127 Å². The molecule has 0 aliphatic rings. The van der Waals surface area contributed by atoms with Crippen LogP contribution in [0.1, 0.15) is 43.3 Å². The number of anilines is 2. The molecule has 0 bridgehead atoms. The van der Waals surface area contributed by atoms with Gasteiger partial charge in [-0.2, -0.15) is 0 Å². The van der Waals surface area contributed by atoms with Crippen molar-refractivity contribution in [3.63, 3.8) is 0 Å². The highest BCUT2D eigenvalue weighted by molar-refractivity contribution is 5.48. The molecule has 0 saturated carbocycles. The monoisotopic (exact) mass is 284 g/mol. The highest BCUT2D eigenvalue weighted by Gasteiger charge is 2.08. The molecule has 1 aromatic carbocycles. The number of aromatic nitrogens is 2. The van der Waals surface area contributed by atoms with Gasteiger partial charge in [0.05, 0.1) is 0 Å². The Balaban J connectivity index is 2.17. The van der Waals surface area contributed by atoms with Crippen LogP contribution >= 0.6 is 0 Å². The maximum absolute atomic E-state index is 4.59. The zero-order chi connectivity index (χ0) is 15.2. The second kappa shape index (κ2) is 7.07. The fraction of sp³-hybridized carbons (Fsp3) is 0.412. The number of nitrogens with zero attached hydrogens (tertiary/aromatic N) is 2. The fourth-order valence-electron chi connectivity index (χ4n) is 2.19. The maximum atomic E-state index is 4.59. The lowest BCUT2D eigenvalue weighted by atomic mass is 10.1. The van der Waals surface area contributed by atoms with E-state index in [2.05, 4.69) is 65.6 Å². The standard InChI is InChI=1S/C17H24N4/c1-5-6-15-20-16(18-4)11-17(21-15)19-13(3)14-9-7-12(2)8-10-14/h7-11,13H,5-6H2,1-4H3,(H2,18,19,20,21). The van der Waals surface area contributed by atoms with E-state index in [9.17, 15) is 0 Å². The average molecular weight is 284 g/mol. The van der Waals surface area contributed by atoms with Gasteiger partial charge in [-0.3, -0.25) is 0 Å². The van der Waals surface area contributed by atoms with Crippen LogP contribution < -0.4 is 10.6 Å². The largest absolute Gasteiger partial charge is 0.373 e. The zero-order valence-electron chi connectivity index (χ0n) is 13.3. The first-order valence-corrected chi connectivity index (χ1v) is 7.51. The molecule has 1 atom stereocenters. The SMILES string of the molecule is CCCc1nc(NC)cc(NC(C)c2ccc(C)cc2)n1. The maximum Gasteiger partial charge on any atom is 0.133 e. The van der Waals surface area contributed by atoms with E-state index in [1.807, 2.05) is 13.1 Å². The van der Waals surface area contributed by atoms with E-state index in [1.165, 1.54) is 11.1 Å². The van der Waals surface area contributed by atoms with Gasteiger partial charge in [-0.1, -0.05) is 36.8 Å². The van der Waals surface area contributed by atoms with Crippen molar-refractivity contribution in [3.8, 4) is 0 Å². The topological polar surface area (TPSA) is 49.8 Å². The van der Waals surface area contributed by atoms with Crippen LogP contribution in [0.2, 0.25) is 0 Å². The summed E-state index contributed by atoms with van der Waals surface area (Å²) in [7, 11) is 1.88. The molecule has 1 heterocycles. The summed E-state index contributed by atoms with van der Waals surface area (Å²) in [4.78, 5) is 9.06. The summed E-state index contributed by atoms with van der Waals surface area (Å²) in [5.74, 6) is 2.60. The Kier molecular flexibility index (Phi) is 5.14. The first-order chi connectivity index (χ1) is 10.1. The number of benzene rings is 1. The van der Waals surface area contributed by atoms with Gasteiger partial charge < -0.3 is 10.6 Å². The molecule has 0 amide bonds. The minimum Gasteiger partial charge on any atom is -0.373 e. The number of hydrogen-bond acceptors (Lipinski definition) is 4. The van der Waals surface area contributed by atoms with Gasteiger partial charge in [0.2, 0.25) is 0 Å². The molecule has 0 radical (unpaired) electrons. The summed E-state index contributed by atoms with van der Waals surface area (Å²) in [5, 5.41) is 6.56. The van der Waals surface area contributed by atoms with Gasteiger partial charge in [-0.05, 0) is 25.8 Å². The van der Waals surface area contributed by atoms with Crippen molar-refractivity contribution in [2.24, 2.45) is 0 Å². The molecular weight excluding hydrogens is 260 g/mol. The van der Waals surface area contributed by atoms with E-state index < -0.39 is 0 Å². The smallest absolute Gasteiger partial charge is 0.133 e. The molecule has 2 aromatic rings. The summed E-state index contributed by atoms with van der Waals surface area (Å²) in [5.41, 5.74) is 2.53. The van der Waals surface area contributed by atoms with Crippen LogP contribution in [0.3, 0.4) is 0 Å². The van der Waals surface area contributed by atoms with Crippen molar-refractivity contribution < 1.29 is 0 Å². The van der Waals surface area contributed by atoms with E-state index in [4.69, 9.17) is 0 Å². The number of hydrogen-bond donors (Lipinski definition) is 2. The molecule has 0 fully saturated rings. The molecule has 112 valence electrons. The molecule has 0 aliphatic heterocycles. The van der Waals surface area contributed by atoms with Gasteiger partial charge in [0, 0.05) is 25.6 Å². The van der Waals surface area contributed by atoms with Crippen LogP contribution in [0.25, 0.3) is 0 Å². The summed E-state index contributed by atoms with van der Waals surface area (Å²) >= 11 is 0. The van der Waals surface area contributed by atoms with Crippen LogP contribution in [-0.2, 0) is 6.42 Å². The molecule has 21 heavy (non-hydrogen) atoms. The highest BCUT2D eigenvalue weighted by Crippen LogP contribution is 2.20. The van der Waals surface area contributed by atoms with Gasteiger partial charge in [0.1, 0.15) is 17.5 Å². The molecule has 4 nitrogen and oxygen atoms in total. The minimum absolute atomic E-state index is 0.208. The Hall–Kier alpha value is -2.10. The highest BCUT2D eigenvalue weighted by atomic mass is 15.1. The molecule has 1 unspecified atom stereocenters. The third-order valence-corrected chi connectivity index (χ3v) is 3.44. The zero-order valence-corrected chi connectivity index (χ0v) is 13.3. The van der Waals surface area contributed by atoms with Crippen LogP contribution in [-0.4, -0.2) is 17.0 Å². The van der Waals surface area contributed by atoms with Gasteiger partial charge in [0.25, 0.3) is 0 Å². The fourth-order valence-corrected chi connectivity index (χ4v) is 2.19. The molecule has 0 aliphatic carbocycles. The summed E-state index contributed by atoms with van der Waals surface area (Å²) in [6.45, 7) is 6.38. The third kappa shape index (κ3) is 4.18. The second-order valence-corrected chi connectivity index (χ2v) is 5.33. The quantitative estimate of drug-likeness (QED) is 0.843. The predicted octanol–water partition coefficient (Wildman–Crippen LogP) is 3.95.